The maximum absolute atomic E-state index is 13.6. The van der Waals surface area contributed by atoms with Crippen molar-refractivity contribution in [3.8, 4) is 0 Å². The molecule has 1 saturated heterocycles. The number of piperazine rings is 1. The van der Waals surface area contributed by atoms with Crippen LogP contribution < -0.4 is 4.90 Å². The van der Waals surface area contributed by atoms with Gasteiger partial charge in [0, 0.05) is 56.6 Å². The first kappa shape index (κ1) is 22.2. The Balaban J connectivity index is 1.38. The summed E-state index contributed by atoms with van der Waals surface area (Å²) in [5.41, 5.74) is 8.12. The average molecular weight is 453 g/mol. The van der Waals surface area contributed by atoms with Gasteiger partial charge in [-0.2, -0.15) is 0 Å². The van der Waals surface area contributed by atoms with Gasteiger partial charge in [0.05, 0.1) is 5.69 Å². The molecule has 5 rings (SSSR count). The third-order valence-electron chi connectivity index (χ3n) is 7.09. The molecule has 1 unspecified atom stereocenters. The fourth-order valence-electron chi connectivity index (χ4n) is 5.13. The fourth-order valence-corrected chi connectivity index (χ4v) is 5.13. The lowest BCUT2D eigenvalue weighted by Crippen LogP contribution is -2.49. The van der Waals surface area contributed by atoms with Crippen molar-refractivity contribution in [3.05, 3.63) is 101 Å². The molecule has 0 N–H and O–H groups in total. The zero-order valence-corrected chi connectivity index (χ0v) is 20.2. The lowest BCUT2D eigenvalue weighted by molar-refractivity contribution is -0.131. The number of pyridine rings is 1. The second kappa shape index (κ2) is 9.34. The summed E-state index contributed by atoms with van der Waals surface area (Å²) in [5, 5.41) is 0. The Morgan fingerprint density at radius 2 is 1.62 bits per heavy atom. The number of carbonyl (C=O) groups is 1. The number of amides is 1. The van der Waals surface area contributed by atoms with Crippen molar-refractivity contribution >= 4 is 17.2 Å². The predicted octanol–water partition coefficient (Wildman–Crippen LogP) is 5.13. The van der Waals surface area contributed by atoms with Gasteiger partial charge >= 0.3 is 0 Å². The quantitative estimate of drug-likeness (QED) is 0.421. The largest absolute Gasteiger partial charge is 0.368 e. The monoisotopic (exact) mass is 452 g/mol. The zero-order chi connectivity index (χ0) is 23.7. The molecule has 0 spiro atoms. The van der Waals surface area contributed by atoms with Crippen molar-refractivity contribution in [3.63, 3.8) is 0 Å². The third kappa shape index (κ3) is 4.30. The first-order valence-electron chi connectivity index (χ1n) is 12.1. The number of aromatic nitrogens is 2. The average Bonchev–Trinajstić information content (AvgIpc) is 3.26. The molecule has 174 valence electrons. The molecule has 4 aromatic rings. The van der Waals surface area contributed by atoms with Crippen LogP contribution in [-0.2, 0) is 4.79 Å². The fraction of sp³-hybridized carbons (Fsp3) is 0.310. The molecule has 0 aliphatic carbocycles. The Morgan fingerprint density at radius 1 is 0.912 bits per heavy atom. The van der Waals surface area contributed by atoms with Gasteiger partial charge in [-0.15, -0.1) is 0 Å². The second-order valence-electron chi connectivity index (χ2n) is 9.38. The molecule has 2 aromatic heterocycles. The molecule has 5 heteroatoms. The number of anilines is 1. The second-order valence-corrected chi connectivity index (χ2v) is 9.38. The van der Waals surface area contributed by atoms with E-state index in [2.05, 4.69) is 102 Å². The van der Waals surface area contributed by atoms with E-state index in [0.717, 1.165) is 37.5 Å². The highest BCUT2D eigenvalue weighted by Gasteiger charge is 2.28. The van der Waals surface area contributed by atoms with E-state index in [9.17, 15) is 4.79 Å². The van der Waals surface area contributed by atoms with Crippen molar-refractivity contribution in [1.29, 1.82) is 0 Å². The van der Waals surface area contributed by atoms with Crippen molar-refractivity contribution in [2.24, 2.45) is 0 Å². The first-order valence-corrected chi connectivity index (χ1v) is 12.1. The lowest BCUT2D eigenvalue weighted by Gasteiger charge is -2.37. The topological polar surface area (TPSA) is 40.9 Å². The Morgan fingerprint density at radius 3 is 2.35 bits per heavy atom. The number of aryl methyl sites for hydroxylation is 3. The summed E-state index contributed by atoms with van der Waals surface area (Å²) < 4.78 is 2.13. The standard InChI is InChI=1S/C29H32N4O/c1-21-12-13-33-27(20-30-28(33)18-21)25(24-10-6-4-8-22(24)2)19-29(34)32-16-14-31(15-17-32)26-11-7-5-9-23(26)3/h4-13,18,20,25H,14-17,19H2,1-3H3. The minimum Gasteiger partial charge on any atom is -0.368 e. The molecule has 0 saturated carbocycles. The Labute approximate surface area is 201 Å². The highest BCUT2D eigenvalue weighted by Crippen LogP contribution is 2.32. The van der Waals surface area contributed by atoms with Gasteiger partial charge in [-0.1, -0.05) is 42.5 Å². The molecule has 1 aliphatic heterocycles. The van der Waals surface area contributed by atoms with Crippen LogP contribution in [0.25, 0.3) is 5.65 Å². The van der Waals surface area contributed by atoms with Gasteiger partial charge in [0.2, 0.25) is 5.91 Å². The Hall–Kier alpha value is -3.60. The molecule has 1 aliphatic rings. The van der Waals surface area contributed by atoms with Crippen LogP contribution in [0.15, 0.2) is 73.1 Å². The van der Waals surface area contributed by atoms with Gasteiger partial charge in [0.1, 0.15) is 5.65 Å². The number of hydrogen-bond acceptors (Lipinski definition) is 3. The molecule has 1 amide bonds. The van der Waals surface area contributed by atoms with Crippen molar-refractivity contribution in [2.75, 3.05) is 31.1 Å². The third-order valence-corrected chi connectivity index (χ3v) is 7.09. The van der Waals surface area contributed by atoms with Crippen LogP contribution in [0.1, 0.15) is 40.3 Å². The molecule has 0 radical (unpaired) electrons. The van der Waals surface area contributed by atoms with Crippen molar-refractivity contribution in [2.45, 2.75) is 33.1 Å². The number of fused-ring (bicyclic) bond motifs is 1. The van der Waals surface area contributed by atoms with Gasteiger partial charge in [-0.3, -0.25) is 4.79 Å². The van der Waals surface area contributed by atoms with E-state index in [4.69, 9.17) is 0 Å². The van der Waals surface area contributed by atoms with Gasteiger partial charge in [-0.25, -0.2) is 4.98 Å². The molecule has 5 nitrogen and oxygen atoms in total. The predicted molar refractivity (Wildman–Crippen MR) is 138 cm³/mol. The molecule has 34 heavy (non-hydrogen) atoms. The van der Waals surface area contributed by atoms with Crippen LogP contribution in [0.2, 0.25) is 0 Å². The van der Waals surface area contributed by atoms with E-state index >= 15 is 0 Å². The molecule has 1 fully saturated rings. The van der Waals surface area contributed by atoms with Crippen LogP contribution >= 0.6 is 0 Å². The Kier molecular flexibility index (Phi) is 6.10. The molecule has 2 aromatic carbocycles. The smallest absolute Gasteiger partial charge is 0.223 e. The van der Waals surface area contributed by atoms with Crippen LogP contribution in [0, 0.1) is 20.8 Å². The number of para-hydroxylation sites is 1. The maximum Gasteiger partial charge on any atom is 0.223 e. The molecule has 3 heterocycles. The van der Waals surface area contributed by atoms with E-state index in [1.54, 1.807) is 0 Å². The first-order chi connectivity index (χ1) is 16.5. The summed E-state index contributed by atoms with van der Waals surface area (Å²) in [5.74, 6) is 0.167. The van der Waals surface area contributed by atoms with Gasteiger partial charge in [0.25, 0.3) is 0 Å². The molecular weight excluding hydrogens is 420 g/mol. The molecular formula is C29H32N4O. The van der Waals surface area contributed by atoms with Gasteiger partial charge in [0.15, 0.2) is 0 Å². The SMILES string of the molecule is Cc1ccn2c(C(CC(=O)N3CCN(c4ccccc4C)CC3)c3ccccc3C)cnc2c1. The van der Waals surface area contributed by atoms with Crippen LogP contribution in [-0.4, -0.2) is 46.4 Å². The number of rotatable bonds is 5. The van der Waals surface area contributed by atoms with Gasteiger partial charge < -0.3 is 14.2 Å². The van der Waals surface area contributed by atoms with Crippen LogP contribution in [0.3, 0.4) is 0 Å². The maximum atomic E-state index is 13.6. The highest BCUT2D eigenvalue weighted by atomic mass is 16.2. The number of carbonyl (C=O) groups excluding carboxylic acids is 1. The van der Waals surface area contributed by atoms with E-state index < -0.39 is 0 Å². The zero-order valence-electron chi connectivity index (χ0n) is 20.2. The molecule has 1 atom stereocenters. The van der Waals surface area contributed by atoms with Gasteiger partial charge in [-0.05, 0) is 61.2 Å². The van der Waals surface area contributed by atoms with Crippen LogP contribution in [0.5, 0.6) is 0 Å². The van der Waals surface area contributed by atoms with Crippen molar-refractivity contribution in [1.82, 2.24) is 14.3 Å². The van der Waals surface area contributed by atoms with E-state index in [1.165, 1.54) is 27.9 Å². The lowest BCUT2D eigenvalue weighted by atomic mass is 9.89. The normalized spacial score (nSPS) is 15.0. The summed E-state index contributed by atoms with van der Waals surface area (Å²) >= 11 is 0. The minimum absolute atomic E-state index is 0.0409. The summed E-state index contributed by atoms with van der Waals surface area (Å²) in [6, 6.07) is 21.1. The summed E-state index contributed by atoms with van der Waals surface area (Å²) in [4.78, 5) is 22.7. The number of nitrogens with zero attached hydrogens (tertiary/aromatic N) is 4. The summed E-state index contributed by atoms with van der Waals surface area (Å²) in [7, 11) is 0. The van der Waals surface area contributed by atoms with Crippen LogP contribution in [0.4, 0.5) is 5.69 Å². The highest BCUT2D eigenvalue weighted by molar-refractivity contribution is 5.78. The van der Waals surface area contributed by atoms with Crippen molar-refractivity contribution < 1.29 is 4.79 Å². The minimum atomic E-state index is -0.0409. The van der Waals surface area contributed by atoms with E-state index in [1.807, 2.05) is 11.1 Å². The number of benzene rings is 2. The van der Waals surface area contributed by atoms with E-state index in [0.29, 0.717) is 6.42 Å². The van der Waals surface area contributed by atoms with E-state index in [-0.39, 0.29) is 11.8 Å². The Bertz CT molecular complexity index is 1320. The number of imidazole rings is 1. The summed E-state index contributed by atoms with van der Waals surface area (Å²) in [6.45, 7) is 9.58. The number of hydrogen-bond donors (Lipinski definition) is 0. The molecule has 0 bridgehead atoms. The summed E-state index contributed by atoms with van der Waals surface area (Å²) in [6.07, 6.45) is 4.45.